The smallest absolute Gasteiger partial charge is 0.121 e. The summed E-state index contributed by atoms with van der Waals surface area (Å²) in [5, 5.41) is 3.32. The third-order valence-corrected chi connectivity index (χ3v) is 9.87. The van der Waals surface area contributed by atoms with Gasteiger partial charge in [-0.25, -0.2) is 0 Å². The van der Waals surface area contributed by atoms with Crippen LogP contribution in [0.25, 0.3) is 55.6 Å². The van der Waals surface area contributed by atoms with Crippen molar-refractivity contribution in [1.82, 2.24) is 9.97 Å². The molecule has 0 spiro atoms. The van der Waals surface area contributed by atoms with Crippen molar-refractivity contribution in [3.05, 3.63) is 139 Å². The van der Waals surface area contributed by atoms with E-state index in [2.05, 4.69) is 78.1 Å². The van der Waals surface area contributed by atoms with Gasteiger partial charge in [0.15, 0.2) is 0 Å². The van der Waals surface area contributed by atoms with Gasteiger partial charge in [0.2, 0.25) is 0 Å². The van der Waals surface area contributed by atoms with Crippen LogP contribution in [0.1, 0.15) is 36.4 Å². The summed E-state index contributed by atoms with van der Waals surface area (Å²) in [4.78, 5) is 8.93. The Hall–Kier alpha value is -4.15. The summed E-state index contributed by atoms with van der Waals surface area (Å²) in [5.41, 5.74) is 7.62. The number of pyridine rings is 2. The number of aromatic nitrogens is 2. The second kappa shape index (κ2) is 14.1. The Kier molecular flexibility index (Phi) is 8.61. The molecule has 0 aliphatic rings. The van der Waals surface area contributed by atoms with Crippen LogP contribution >= 0.6 is 0 Å². The Bertz CT molecular complexity index is 2220. The number of hydrogen-bond donors (Lipinski definition) is 0. The molecule has 0 aliphatic carbocycles. The molecular weight excluding hydrogens is 757 g/mol. The molecule has 0 saturated carbocycles. The molecular formula is C41H38IrN2OSi-2. The largest absolute Gasteiger partial charge is 0.500 e. The number of hydrogen-bond acceptors (Lipinski definition) is 3. The van der Waals surface area contributed by atoms with E-state index in [1.165, 1.54) is 11.4 Å². The Morgan fingerprint density at radius 1 is 0.739 bits per heavy atom. The van der Waals surface area contributed by atoms with E-state index in [-0.39, 0.29) is 25.7 Å². The van der Waals surface area contributed by atoms with E-state index in [9.17, 15) is 0 Å². The molecule has 46 heavy (non-hydrogen) atoms. The molecule has 1 radical (unpaired) electrons. The predicted molar refractivity (Wildman–Crippen MR) is 192 cm³/mol. The molecule has 4 aromatic carbocycles. The molecule has 233 valence electrons. The molecule has 0 saturated heterocycles. The number of nitrogens with zero attached hydrogens (tertiary/aromatic N) is 2. The van der Waals surface area contributed by atoms with Crippen LogP contribution in [0.5, 0.6) is 0 Å². The molecule has 7 aromatic rings. The normalized spacial score (nSPS) is 13.1. The number of fused-ring (bicyclic) bond motifs is 3. The van der Waals surface area contributed by atoms with E-state index in [0.717, 1.165) is 49.9 Å². The van der Waals surface area contributed by atoms with E-state index in [1.807, 2.05) is 60.8 Å². The predicted octanol–water partition coefficient (Wildman–Crippen LogP) is 10.6. The van der Waals surface area contributed by atoms with Crippen LogP contribution in [0.4, 0.5) is 0 Å². The maximum atomic E-state index is 8.46. The quantitative estimate of drug-likeness (QED) is 0.129. The van der Waals surface area contributed by atoms with Crippen molar-refractivity contribution >= 4 is 35.2 Å². The van der Waals surface area contributed by atoms with Gasteiger partial charge in [-0.3, -0.25) is 0 Å². The maximum Gasteiger partial charge on any atom is 0.121 e. The van der Waals surface area contributed by atoms with Crippen LogP contribution < -0.4 is 5.19 Å². The van der Waals surface area contributed by atoms with Gasteiger partial charge in [0.05, 0.1) is 13.7 Å². The number of furan rings is 1. The van der Waals surface area contributed by atoms with Gasteiger partial charge < -0.3 is 14.4 Å². The first-order valence-corrected chi connectivity index (χ1v) is 18.6. The molecule has 0 atom stereocenters. The molecule has 0 aliphatic heterocycles. The SMILES string of the molecule is C[Si](C)(C)c1ccc(-c2[c-]cccc2)nc1.[2H]C([2H])([2H])c1cnc(-c2[c-]cc3oc4cc(-c5ccccc5)ccc4c3c2)cc1C([2H])(C)C.[Ir]. The Balaban J connectivity index is 0.000000241. The fourth-order valence-corrected chi connectivity index (χ4v) is 6.28. The van der Waals surface area contributed by atoms with Crippen LogP contribution in [-0.4, -0.2) is 18.0 Å². The van der Waals surface area contributed by atoms with Crippen LogP contribution in [0.15, 0.2) is 120 Å². The zero-order chi connectivity index (χ0) is 35.0. The third-order valence-electron chi connectivity index (χ3n) is 7.84. The van der Waals surface area contributed by atoms with E-state index in [1.54, 1.807) is 26.0 Å². The molecule has 3 nitrogen and oxygen atoms in total. The van der Waals surface area contributed by atoms with Crippen LogP contribution in [0.3, 0.4) is 0 Å². The minimum Gasteiger partial charge on any atom is -0.500 e. The zero-order valence-electron chi connectivity index (χ0n) is 30.6. The van der Waals surface area contributed by atoms with Gasteiger partial charge in [0, 0.05) is 43.4 Å². The number of aryl methyl sites for hydroxylation is 1. The first-order chi connectivity index (χ1) is 23.2. The fourth-order valence-electron chi connectivity index (χ4n) is 5.24. The topological polar surface area (TPSA) is 38.9 Å². The van der Waals surface area contributed by atoms with Gasteiger partial charge in [0.25, 0.3) is 0 Å². The summed E-state index contributed by atoms with van der Waals surface area (Å²) in [6.45, 7) is 8.03. The van der Waals surface area contributed by atoms with E-state index in [4.69, 9.17) is 9.90 Å². The monoisotopic (exact) mass is 799 g/mol. The Morgan fingerprint density at radius 3 is 2.20 bits per heavy atom. The van der Waals surface area contributed by atoms with Crippen molar-refractivity contribution in [3.63, 3.8) is 0 Å². The minimum atomic E-state index is -2.33. The molecule has 0 unspecified atom stereocenters. The van der Waals surface area contributed by atoms with Crippen LogP contribution in [0.2, 0.25) is 19.6 Å². The molecule has 0 bridgehead atoms. The summed E-state index contributed by atoms with van der Waals surface area (Å²) in [7, 11) is -1.23. The summed E-state index contributed by atoms with van der Waals surface area (Å²) >= 11 is 0. The second-order valence-corrected chi connectivity index (χ2v) is 17.5. The van der Waals surface area contributed by atoms with E-state index >= 15 is 0 Å². The summed E-state index contributed by atoms with van der Waals surface area (Å²) in [5.74, 6) is -1.08. The molecule has 5 heteroatoms. The molecule has 3 heterocycles. The second-order valence-electron chi connectivity index (χ2n) is 12.4. The van der Waals surface area contributed by atoms with Gasteiger partial charge in [-0.15, -0.1) is 59.7 Å². The van der Waals surface area contributed by atoms with Crippen molar-refractivity contribution in [2.24, 2.45) is 0 Å². The first kappa shape index (κ1) is 28.1. The van der Waals surface area contributed by atoms with E-state index in [0.29, 0.717) is 11.3 Å². The Morgan fingerprint density at radius 2 is 1.52 bits per heavy atom. The van der Waals surface area contributed by atoms with Crippen molar-refractivity contribution < 1.29 is 30.0 Å². The van der Waals surface area contributed by atoms with Crippen molar-refractivity contribution in [2.75, 3.05) is 0 Å². The molecule has 0 N–H and O–H groups in total. The standard InChI is InChI=1S/C27H22NO.C14H16NSi.Ir/c1-17(2)23-15-25(28-16-18(23)3)21-10-12-26-24(13-21)22-11-9-20(14-27(22)29-26)19-7-5-4-6-8-19;1-16(2,3)13-9-10-14(15-11-13)12-7-5-4-6-8-12;/h4-9,11-17H,1-3H3;4-7,9-11H,1-3H3;/q2*-1;/i3D3,17D;;. The maximum absolute atomic E-state index is 8.46. The van der Waals surface area contributed by atoms with Gasteiger partial charge in [-0.1, -0.05) is 99.5 Å². The third kappa shape index (κ3) is 7.29. The number of benzene rings is 4. The minimum absolute atomic E-state index is 0. The van der Waals surface area contributed by atoms with Gasteiger partial charge in [-0.2, -0.15) is 0 Å². The van der Waals surface area contributed by atoms with Gasteiger partial charge in [-0.05, 0) is 57.6 Å². The molecule has 3 aromatic heterocycles. The number of rotatable bonds is 5. The van der Waals surface area contributed by atoms with E-state index < -0.39 is 20.8 Å². The Labute approximate surface area is 292 Å². The van der Waals surface area contributed by atoms with Crippen molar-refractivity contribution in [3.8, 4) is 33.6 Å². The molecule has 0 amide bonds. The van der Waals surface area contributed by atoms with Crippen molar-refractivity contribution in [2.45, 2.75) is 46.2 Å². The van der Waals surface area contributed by atoms with Gasteiger partial charge in [0.1, 0.15) is 5.58 Å². The van der Waals surface area contributed by atoms with Crippen molar-refractivity contribution in [1.29, 1.82) is 0 Å². The van der Waals surface area contributed by atoms with Crippen LogP contribution in [-0.2, 0) is 20.1 Å². The summed E-state index contributed by atoms with van der Waals surface area (Å²) in [6.07, 6.45) is 3.38. The molecule has 0 fully saturated rings. The first-order valence-electron chi connectivity index (χ1n) is 17.1. The average Bonchev–Trinajstić information content (AvgIpc) is 3.45. The molecule has 7 rings (SSSR count). The van der Waals surface area contributed by atoms with Crippen LogP contribution in [0, 0.1) is 19.0 Å². The summed E-state index contributed by atoms with van der Waals surface area (Å²) < 4.78 is 38.0. The zero-order valence-corrected chi connectivity index (χ0v) is 30.0. The fraction of sp³-hybridized carbons (Fsp3) is 0.171. The summed E-state index contributed by atoms with van der Waals surface area (Å²) in [6, 6.07) is 40.4. The average molecular weight is 799 g/mol. The van der Waals surface area contributed by atoms with Gasteiger partial charge >= 0.3 is 0 Å².